The third-order valence-electron chi connectivity index (χ3n) is 2.14. The van der Waals surface area contributed by atoms with Gasteiger partial charge in [0.25, 0.3) is 0 Å². The quantitative estimate of drug-likeness (QED) is 0.716. The Morgan fingerprint density at radius 1 is 1.36 bits per heavy atom. The lowest BCUT2D eigenvalue weighted by molar-refractivity contribution is 0.157. The Kier molecular flexibility index (Phi) is 4.74. The average molecular weight is 189 g/mol. The van der Waals surface area contributed by atoms with E-state index in [1.165, 1.54) is 5.56 Å². The molecule has 2 heteroatoms. The second-order valence-corrected chi connectivity index (χ2v) is 3.29. The Balaban J connectivity index is 2.24. The SMILES string of the molecule is C#CCCC(O)CCc1ccncc1. The van der Waals surface area contributed by atoms with Crippen LogP contribution in [0.2, 0.25) is 0 Å². The van der Waals surface area contributed by atoms with Crippen LogP contribution < -0.4 is 0 Å². The van der Waals surface area contributed by atoms with Crippen LogP contribution in [0.4, 0.5) is 0 Å². The summed E-state index contributed by atoms with van der Waals surface area (Å²) < 4.78 is 0. The Labute approximate surface area is 85.0 Å². The normalized spacial score (nSPS) is 12.0. The lowest BCUT2D eigenvalue weighted by Crippen LogP contribution is -2.07. The van der Waals surface area contributed by atoms with E-state index in [0.29, 0.717) is 12.8 Å². The standard InChI is InChI=1S/C12H15NO/c1-2-3-4-12(14)6-5-11-7-9-13-10-8-11/h1,7-10,12,14H,3-6H2. The van der Waals surface area contributed by atoms with Gasteiger partial charge in [0.1, 0.15) is 0 Å². The Hall–Kier alpha value is -1.33. The molecule has 0 saturated carbocycles. The number of pyridine rings is 1. The predicted molar refractivity (Wildman–Crippen MR) is 56.6 cm³/mol. The third kappa shape index (κ3) is 4.06. The van der Waals surface area contributed by atoms with Crippen molar-refractivity contribution in [1.82, 2.24) is 4.98 Å². The summed E-state index contributed by atoms with van der Waals surface area (Å²) in [6, 6.07) is 3.93. The molecule has 1 aromatic rings. The van der Waals surface area contributed by atoms with E-state index >= 15 is 0 Å². The van der Waals surface area contributed by atoms with Gasteiger partial charge in [0.15, 0.2) is 0 Å². The molecular formula is C12H15NO. The highest BCUT2D eigenvalue weighted by atomic mass is 16.3. The molecule has 0 spiro atoms. The molecule has 1 aromatic heterocycles. The van der Waals surface area contributed by atoms with Gasteiger partial charge in [-0.25, -0.2) is 0 Å². The van der Waals surface area contributed by atoms with E-state index in [4.69, 9.17) is 6.42 Å². The number of nitrogens with zero attached hydrogens (tertiary/aromatic N) is 1. The van der Waals surface area contributed by atoms with E-state index in [1.54, 1.807) is 12.4 Å². The molecule has 1 unspecified atom stereocenters. The molecule has 74 valence electrons. The summed E-state index contributed by atoms with van der Waals surface area (Å²) in [4.78, 5) is 3.93. The van der Waals surface area contributed by atoms with Gasteiger partial charge < -0.3 is 5.11 Å². The third-order valence-corrected chi connectivity index (χ3v) is 2.14. The molecule has 1 atom stereocenters. The van der Waals surface area contributed by atoms with E-state index in [1.807, 2.05) is 12.1 Å². The van der Waals surface area contributed by atoms with Crippen LogP contribution in [0.1, 0.15) is 24.8 Å². The highest BCUT2D eigenvalue weighted by molar-refractivity contribution is 5.09. The van der Waals surface area contributed by atoms with Crippen molar-refractivity contribution in [3.8, 4) is 12.3 Å². The number of aryl methyl sites for hydroxylation is 1. The Morgan fingerprint density at radius 3 is 2.71 bits per heavy atom. The van der Waals surface area contributed by atoms with Crippen LogP contribution in [0.25, 0.3) is 0 Å². The van der Waals surface area contributed by atoms with E-state index < -0.39 is 0 Å². The van der Waals surface area contributed by atoms with E-state index in [9.17, 15) is 5.11 Å². The maximum atomic E-state index is 9.53. The molecule has 1 N–H and O–H groups in total. The number of aromatic nitrogens is 1. The van der Waals surface area contributed by atoms with Crippen LogP contribution in [0.3, 0.4) is 0 Å². The second-order valence-electron chi connectivity index (χ2n) is 3.29. The minimum absolute atomic E-state index is 0.279. The summed E-state index contributed by atoms with van der Waals surface area (Å²) in [5.74, 6) is 2.53. The van der Waals surface area contributed by atoms with Crippen molar-refractivity contribution in [2.45, 2.75) is 31.8 Å². The van der Waals surface area contributed by atoms with Gasteiger partial charge in [-0.1, -0.05) is 0 Å². The number of aliphatic hydroxyl groups excluding tert-OH is 1. The van der Waals surface area contributed by atoms with Crippen LogP contribution in [-0.2, 0) is 6.42 Å². The fraction of sp³-hybridized carbons (Fsp3) is 0.417. The maximum absolute atomic E-state index is 9.53. The van der Waals surface area contributed by atoms with Crippen LogP contribution in [0.15, 0.2) is 24.5 Å². The number of hydrogen-bond donors (Lipinski definition) is 1. The molecule has 0 aromatic carbocycles. The molecule has 1 heterocycles. The number of terminal acetylenes is 1. The molecule has 2 nitrogen and oxygen atoms in total. The first-order valence-corrected chi connectivity index (χ1v) is 4.83. The first-order valence-electron chi connectivity index (χ1n) is 4.83. The first kappa shape index (κ1) is 10.7. The van der Waals surface area contributed by atoms with E-state index in [-0.39, 0.29) is 6.10 Å². The second kappa shape index (κ2) is 6.17. The van der Waals surface area contributed by atoms with Crippen molar-refractivity contribution in [3.63, 3.8) is 0 Å². The Morgan fingerprint density at radius 2 is 2.07 bits per heavy atom. The Bertz CT molecular complexity index is 289. The van der Waals surface area contributed by atoms with Gasteiger partial charge in [-0.2, -0.15) is 0 Å². The zero-order chi connectivity index (χ0) is 10.2. The van der Waals surface area contributed by atoms with E-state index in [0.717, 1.165) is 12.8 Å². The lowest BCUT2D eigenvalue weighted by atomic mass is 10.1. The van der Waals surface area contributed by atoms with Gasteiger partial charge in [-0.05, 0) is 37.0 Å². The zero-order valence-corrected chi connectivity index (χ0v) is 8.19. The molecule has 1 rings (SSSR count). The first-order chi connectivity index (χ1) is 6.83. The van der Waals surface area contributed by atoms with Gasteiger partial charge in [-0.15, -0.1) is 12.3 Å². The molecule has 14 heavy (non-hydrogen) atoms. The van der Waals surface area contributed by atoms with Gasteiger partial charge in [-0.3, -0.25) is 4.98 Å². The van der Waals surface area contributed by atoms with E-state index in [2.05, 4.69) is 10.9 Å². The van der Waals surface area contributed by atoms with Crippen LogP contribution in [0.5, 0.6) is 0 Å². The highest BCUT2D eigenvalue weighted by Gasteiger charge is 2.02. The number of rotatable bonds is 5. The predicted octanol–water partition coefficient (Wildman–Crippen LogP) is 1.79. The highest BCUT2D eigenvalue weighted by Crippen LogP contribution is 2.07. The minimum atomic E-state index is -0.279. The summed E-state index contributed by atoms with van der Waals surface area (Å²) in [5, 5.41) is 9.53. The average Bonchev–Trinajstić information content (AvgIpc) is 2.25. The number of hydrogen-bond acceptors (Lipinski definition) is 2. The van der Waals surface area contributed by atoms with Crippen molar-refractivity contribution in [1.29, 1.82) is 0 Å². The van der Waals surface area contributed by atoms with Gasteiger partial charge in [0.2, 0.25) is 0 Å². The fourth-order valence-corrected chi connectivity index (χ4v) is 1.28. The van der Waals surface area contributed by atoms with Gasteiger partial charge >= 0.3 is 0 Å². The molecule has 0 fully saturated rings. The number of aliphatic hydroxyl groups is 1. The molecule has 0 saturated heterocycles. The molecule has 0 bridgehead atoms. The van der Waals surface area contributed by atoms with Crippen molar-refractivity contribution < 1.29 is 5.11 Å². The molecular weight excluding hydrogens is 174 g/mol. The van der Waals surface area contributed by atoms with Crippen LogP contribution >= 0.6 is 0 Å². The smallest absolute Gasteiger partial charge is 0.0552 e. The van der Waals surface area contributed by atoms with Crippen molar-refractivity contribution in [2.24, 2.45) is 0 Å². The summed E-state index contributed by atoms with van der Waals surface area (Å²) >= 11 is 0. The summed E-state index contributed by atoms with van der Waals surface area (Å²) in [6.07, 6.45) is 11.4. The van der Waals surface area contributed by atoms with Gasteiger partial charge in [0, 0.05) is 18.8 Å². The molecule has 0 amide bonds. The lowest BCUT2D eigenvalue weighted by Gasteiger charge is -2.07. The fourth-order valence-electron chi connectivity index (χ4n) is 1.28. The maximum Gasteiger partial charge on any atom is 0.0552 e. The summed E-state index contributed by atoms with van der Waals surface area (Å²) in [5.41, 5.74) is 1.21. The molecule has 0 aliphatic rings. The minimum Gasteiger partial charge on any atom is -0.393 e. The van der Waals surface area contributed by atoms with Crippen molar-refractivity contribution in [2.75, 3.05) is 0 Å². The topological polar surface area (TPSA) is 33.1 Å². The molecule has 0 aliphatic carbocycles. The van der Waals surface area contributed by atoms with Crippen LogP contribution in [-0.4, -0.2) is 16.2 Å². The zero-order valence-electron chi connectivity index (χ0n) is 8.19. The molecule has 0 aliphatic heterocycles. The van der Waals surface area contributed by atoms with Crippen LogP contribution in [0, 0.1) is 12.3 Å². The molecule has 0 radical (unpaired) electrons. The van der Waals surface area contributed by atoms with Gasteiger partial charge in [0.05, 0.1) is 6.10 Å². The monoisotopic (exact) mass is 189 g/mol. The van der Waals surface area contributed by atoms with Crippen molar-refractivity contribution in [3.05, 3.63) is 30.1 Å². The largest absolute Gasteiger partial charge is 0.393 e. The summed E-state index contributed by atoms with van der Waals surface area (Å²) in [6.45, 7) is 0. The summed E-state index contributed by atoms with van der Waals surface area (Å²) in [7, 11) is 0. The van der Waals surface area contributed by atoms with Crippen molar-refractivity contribution >= 4 is 0 Å².